The third-order valence-corrected chi connectivity index (χ3v) is 3.49. The van der Waals surface area contributed by atoms with Crippen molar-refractivity contribution in [3.05, 3.63) is 66.2 Å². The first kappa shape index (κ1) is 13.2. The summed E-state index contributed by atoms with van der Waals surface area (Å²) in [6.45, 7) is 0. The number of rotatable bonds is 3. The number of carbonyl (C=O) groups is 1. The molecule has 0 amide bonds. The maximum Gasteiger partial charge on any atom is 0.335 e. The van der Waals surface area contributed by atoms with Gasteiger partial charge < -0.3 is 9.84 Å². The molecule has 0 heterocycles. The van der Waals surface area contributed by atoms with E-state index in [4.69, 9.17) is 9.84 Å². The highest BCUT2D eigenvalue weighted by Gasteiger charge is 2.06. The minimum absolute atomic E-state index is 0.290. The summed E-state index contributed by atoms with van der Waals surface area (Å²) in [6.07, 6.45) is 0. The second-order valence-electron chi connectivity index (χ2n) is 4.81. The quantitative estimate of drug-likeness (QED) is 0.780. The highest BCUT2D eigenvalue weighted by molar-refractivity contribution is 5.91. The van der Waals surface area contributed by atoms with Crippen LogP contribution in [0.1, 0.15) is 10.4 Å². The zero-order chi connectivity index (χ0) is 14.8. The summed E-state index contributed by atoms with van der Waals surface area (Å²) in [6, 6.07) is 18.9. The van der Waals surface area contributed by atoms with E-state index in [1.165, 1.54) is 0 Å². The Morgan fingerprint density at radius 3 is 2.43 bits per heavy atom. The van der Waals surface area contributed by atoms with Gasteiger partial charge in [-0.05, 0) is 52.2 Å². The largest absolute Gasteiger partial charge is 0.497 e. The molecule has 0 aliphatic heterocycles. The summed E-state index contributed by atoms with van der Waals surface area (Å²) in [5.74, 6) is -0.113. The van der Waals surface area contributed by atoms with Gasteiger partial charge in [0.25, 0.3) is 0 Å². The molecule has 0 bridgehead atoms. The van der Waals surface area contributed by atoms with Crippen LogP contribution in [0.5, 0.6) is 5.75 Å². The Balaban J connectivity index is 2.11. The number of hydrogen-bond donors (Lipinski definition) is 1. The van der Waals surface area contributed by atoms with E-state index in [-0.39, 0.29) is 0 Å². The molecule has 0 aliphatic rings. The molecule has 0 spiro atoms. The number of ether oxygens (including phenoxy) is 1. The molecule has 0 fully saturated rings. The zero-order valence-electron chi connectivity index (χ0n) is 11.5. The number of benzene rings is 3. The Hall–Kier alpha value is -2.81. The molecule has 0 atom stereocenters. The Bertz CT molecular complexity index is 822. The SMILES string of the molecule is COc1ccc2ccc(-c3cccc(C(=O)O)c3)cc2c1. The molecule has 0 saturated carbocycles. The Kier molecular flexibility index (Phi) is 3.32. The van der Waals surface area contributed by atoms with Crippen molar-refractivity contribution in [2.45, 2.75) is 0 Å². The predicted molar refractivity (Wildman–Crippen MR) is 82.9 cm³/mol. The number of carboxylic acid groups (broad SMARTS) is 1. The standard InChI is InChI=1S/C18H14O3/c1-21-17-8-7-12-5-6-14(10-16(12)11-17)13-3-2-4-15(9-13)18(19)20/h2-11H,1H3,(H,19,20). The summed E-state index contributed by atoms with van der Waals surface area (Å²) in [5.41, 5.74) is 2.16. The summed E-state index contributed by atoms with van der Waals surface area (Å²) in [5, 5.41) is 11.3. The molecule has 3 aromatic carbocycles. The molecule has 0 saturated heterocycles. The van der Waals surface area contributed by atoms with Crippen LogP contribution in [0.2, 0.25) is 0 Å². The Morgan fingerprint density at radius 2 is 1.67 bits per heavy atom. The molecule has 0 radical (unpaired) electrons. The summed E-state index contributed by atoms with van der Waals surface area (Å²) in [7, 11) is 1.64. The Labute approximate surface area is 122 Å². The van der Waals surface area contributed by atoms with Gasteiger partial charge >= 0.3 is 5.97 Å². The molecule has 104 valence electrons. The maximum atomic E-state index is 11.1. The Morgan fingerprint density at radius 1 is 0.905 bits per heavy atom. The lowest BCUT2D eigenvalue weighted by Crippen LogP contribution is -1.95. The van der Waals surface area contributed by atoms with Crippen molar-refractivity contribution in [3.8, 4) is 16.9 Å². The van der Waals surface area contributed by atoms with Crippen molar-refractivity contribution in [3.63, 3.8) is 0 Å². The maximum absolute atomic E-state index is 11.1. The number of carboxylic acids is 1. The fourth-order valence-corrected chi connectivity index (χ4v) is 2.36. The molecule has 0 unspecified atom stereocenters. The van der Waals surface area contributed by atoms with E-state index in [9.17, 15) is 4.79 Å². The van der Waals surface area contributed by atoms with Gasteiger partial charge in [0.1, 0.15) is 5.75 Å². The normalized spacial score (nSPS) is 10.5. The lowest BCUT2D eigenvalue weighted by Gasteiger charge is -2.07. The second-order valence-corrected chi connectivity index (χ2v) is 4.81. The van der Waals surface area contributed by atoms with Crippen molar-refractivity contribution in [1.82, 2.24) is 0 Å². The van der Waals surface area contributed by atoms with Crippen molar-refractivity contribution in [1.29, 1.82) is 0 Å². The fourth-order valence-electron chi connectivity index (χ4n) is 2.36. The van der Waals surface area contributed by atoms with Gasteiger partial charge in [0.2, 0.25) is 0 Å². The second kappa shape index (κ2) is 5.29. The van der Waals surface area contributed by atoms with Gasteiger partial charge in [-0.25, -0.2) is 4.79 Å². The van der Waals surface area contributed by atoms with Gasteiger partial charge in [-0.2, -0.15) is 0 Å². The van der Waals surface area contributed by atoms with Gasteiger partial charge in [0, 0.05) is 0 Å². The van der Waals surface area contributed by atoms with Crippen LogP contribution in [0.3, 0.4) is 0 Å². The highest BCUT2D eigenvalue weighted by atomic mass is 16.5. The molecule has 21 heavy (non-hydrogen) atoms. The molecular weight excluding hydrogens is 264 g/mol. The van der Waals surface area contributed by atoms with Crippen LogP contribution >= 0.6 is 0 Å². The van der Waals surface area contributed by atoms with Crippen LogP contribution in [0.25, 0.3) is 21.9 Å². The number of aromatic carboxylic acids is 1. The van der Waals surface area contributed by atoms with Crippen LogP contribution < -0.4 is 4.74 Å². The lowest BCUT2D eigenvalue weighted by atomic mass is 9.99. The topological polar surface area (TPSA) is 46.5 Å². The molecule has 3 rings (SSSR count). The van der Waals surface area contributed by atoms with E-state index < -0.39 is 5.97 Å². The summed E-state index contributed by atoms with van der Waals surface area (Å²) < 4.78 is 5.24. The molecule has 0 aromatic heterocycles. The van der Waals surface area contributed by atoms with Crippen molar-refractivity contribution < 1.29 is 14.6 Å². The first-order chi connectivity index (χ1) is 10.2. The molecular formula is C18H14O3. The number of fused-ring (bicyclic) bond motifs is 1. The number of methoxy groups -OCH3 is 1. The van der Waals surface area contributed by atoms with E-state index in [1.807, 2.05) is 42.5 Å². The summed E-state index contributed by atoms with van der Waals surface area (Å²) in [4.78, 5) is 11.1. The van der Waals surface area contributed by atoms with Crippen molar-refractivity contribution in [2.24, 2.45) is 0 Å². The fraction of sp³-hybridized carbons (Fsp3) is 0.0556. The third kappa shape index (κ3) is 2.58. The highest BCUT2D eigenvalue weighted by Crippen LogP contribution is 2.27. The zero-order valence-corrected chi connectivity index (χ0v) is 11.5. The van der Waals surface area contributed by atoms with Crippen LogP contribution in [0.15, 0.2) is 60.7 Å². The van der Waals surface area contributed by atoms with Crippen LogP contribution in [-0.4, -0.2) is 18.2 Å². The van der Waals surface area contributed by atoms with Gasteiger partial charge in [-0.15, -0.1) is 0 Å². The average Bonchev–Trinajstić information content (AvgIpc) is 2.53. The first-order valence-electron chi connectivity index (χ1n) is 6.59. The minimum atomic E-state index is -0.917. The van der Waals surface area contributed by atoms with Gasteiger partial charge in [0.15, 0.2) is 0 Å². The van der Waals surface area contributed by atoms with E-state index in [1.54, 1.807) is 25.3 Å². The van der Waals surface area contributed by atoms with Crippen molar-refractivity contribution >= 4 is 16.7 Å². The number of hydrogen-bond acceptors (Lipinski definition) is 2. The molecule has 3 heteroatoms. The summed E-state index contributed by atoms with van der Waals surface area (Å²) >= 11 is 0. The minimum Gasteiger partial charge on any atom is -0.497 e. The monoisotopic (exact) mass is 278 g/mol. The first-order valence-corrected chi connectivity index (χ1v) is 6.59. The lowest BCUT2D eigenvalue weighted by molar-refractivity contribution is 0.0697. The molecule has 3 aromatic rings. The van der Waals surface area contributed by atoms with Crippen LogP contribution in [0, 0.1) is 0 Å². The van der Waals surface area contributed by atoms with Crippen LogP contribution in [-0.2, 0) is 0 Å². The van der Waals surface area contributed by atoms with E-state index in [2.05, 4.69) is 0 Å². The van der Waals surface area contributed by atoms with E-state index in [0.29, 0.717) is 5.56 Å². The van der Waals surface area contributed by atoms with E-state index in [0.717, 1.165) is 27.6 Å². The van der Waals surface area contributed by atoms with E-state index >= 15 is 0 Å². The predicted octanol–water partition coefficient (Wildman–Crippen LogP) is 4.21. The average molecular weight is 278 g/mol. The van der Waals surface area contributed by atoms with Gasteiger partial charge in [0.05, 0.1) is 12.7 Å². The molecule has 1 N–H and O–H groups in total. The van der Waals surface area contributed by atoms with Gasteiger partial charge in [-0.1, -0.05) is 30.3 Å². The van der Waals surface area contributed by atoms with Crippen LogP contribution in [0.4, 0.5) is 0 Å². The van der Waals surface area contributed by atoms with Gasteiger partial charge in [-0.3, -0.25) is 0 Å². The third-order valence-electron chi connectivity index (χ3n) is 3.49. The molecule has 0 aliphatic carbocycles. The van der Waals surface area contributed by atoms with Crippen molar-refractivity contribution in [2.75, 3.05) is 7.11 Å². The smallest absolute Gasteiger partial charge is 0.335 e. The molecule has 3 nitrogen and oxygen atoms in total.